The Morgan fingerprint density at radius 3 is 2.30 bits per heavy atom. The van der Waals surface area contributed by atoms with E-state index in [9.17, 15) is 25.5 Å². The predicted octanol–water partition coefficient (Wildman–Crippen LogP) is 5.04. The minimum absolute atomic E-state index is 0.0507. The molecule has 3 aromatic carbocycles. The van der Waals surface area contributed by atoms with Crippen LogP contribution in [0.3, 0.4) is 0 Å². The molecule has 0 radical (unpaired) electrons. The lowest BCUT2D eigenvalue weighted by Crippen LogP contribution is -2.06. The molecule has 9 heteroatoms. The smallest absolute Gasteiger partial charge is 0.173 e. The van der Waals surface area contributed by atoms with Gasteiger partial charge in [0.2, 0.25) is 0 Å². The summed E-state index contributed by atoms with van der Waals surface area (Å²) in [6.45, 7) is 0.342. The first-order valence-electron chi connectivity index (χ1n) is 11.0. The average molecular weight is 509 g/mol. The summed E-state index contributed by atoms with van der Waals surface area (Å²) in [5, 5.41) is 39.0. The molecule has 0 aliphatic rings. The first-order valence-corrected chi connectivity index (χ1v) is 12.0. The molecule has 0 atom stereocenters. The predicted molar refractivity (Wildman–Crippen MR) is 139 cm³/mol. The average Bonchev–Trinajstić information content (AvgIpc) is 2.92. The highest BCUT2D eigenvalue weighted by molar-refractivity contribution is 8.00. The highest BCUT2D eigenvalue weighted by Crippen LogP contribution is 2.36. The van der Waals surface area contributed by atoms with Gasteiger partial charge < -0.3 is 20.7 Å². The number of carbonyl (C=O) groups is 1. The number of pyridine rings is 1. The van der Waals surface area contributed by atoms with Crippen molar-refractivity contribution < 1.29 is 19.7 Å². The minimum atomic E-state index is -0.408. The SMILES string of the molecule is N#Cc1c(N)nc(SCC(=O)c2ccc(O)c(O)c2)c(C#N)c1-c1ccc(COc2ccccc2)cc1. The van der Waals surface area contributed by atoms with E-state index in [1.54, 1.807) is 12.1 Å². The van der Waals surface area contributed by atoms with Gasteiger partial charge in [0.25, 0.3) is 0 Å². The fourth-order valence-corrected chi connectivity index (χ4v) is 4.45. The number of anilines is 1. The van der Waals surface area contributed by atoms with E-state index in [4.69, 9.17) is 10.5 Å². The first-order chi connectivity index (χ1) is 17.9. The number of nitrogen functional groups attached to an aromatic ring is 1. The number of nitriles is 2. The summed E-state index contributed by atoms with van der Waals surface area (Å²) in [5.41, 5.74) is 8.29. The summed E-state index contributed by atoms with van der Waals surface area (Å²) in [6, 6.07) is 24.5. The number of hydrogen-bond acceptors (Lipinski definition) is 9. The van der Waals surface area contributed by atoms with Crippen LogP contribution in [0.5, 0.6) is 17.2 Å². The van der Waals surface area contributed by atoms with E-state index < -0.39 is 5.75 Å². The molecule has 4 rings (SSSR count). The van der Waals surface area contributed by atoms with Crippen LogP contribution in [-0.2, 0) is 6.61 Å². The highest BCUT2D eigenvalue weighted by atomic mass is 32.2. The van der Waals surface area contributed by atoms with Crippen molar-refractivity contribution in [2.24, 2.45) is 0 Å². The Labute approximate surface area is 217 Å². The molecule has 0 fully saturated rings. The Bertz CT molecular complexity index is 1540. The number of aromatic hydroxyl groups is 2. The molecule has 1 heterocycles. The number of rotatable bonds is 8. The Hall–Kier alpha value is -4.99. The number of ether oxygens (including phenoxy) is 1. The van der Waals surface area contributed by atoms with Crippen molar-refractivity contribution in [3.05, 3.63) is 95.1 Å². The third-order valence-corrected chi connectivity index (χ3v) is 6.42. The molecule has 0 saturated heterocycles. The van der Waals surface area contributed by atoms with Gasteiger partial charge in [0, 0.05) is 11.1 Å². The maximum absolute atomic E-state index is 12.6. The van der Waals surface area contributed by atoms with E-state index in [-0.39, 0.29) is 44.8 Å². The Morgan fingerprint density at radius 1 is 0.946 bits per heavy atom. The van der Waals surface area contributed by atoms with Crippen LogP contribution in [0.15, 0.2) is 77.8 Å². The zero-order valence-corrected chi connectivity index (χ0v) is 20.2. The molecule has 4 aromatic rings. The molecule has 0 amide bonds. The van der Waals surface area contributed by atoms with Crippen LogP contribution in [0.2, 0.25) is 0 Å². The largest absolute Gasteiger partial charge is 0.504 e. The second-order valence-corrected chi connectivity index (χ2v) is 8.83. The second kappa shape index (κ2) is 11.2. The van der Waals surface area contributed by atoms with E-state index in [1.165, 1.54) is 18.2 Å². The van der Waals surface area contributed by atoms with Crippen molar-refractivity contribution >= 4 is 23.4 Å². The number of aromatic nitrogens is 1. The molecule has 0 spiro atoms. The topological polar surface area (TPSA) is 153 Å². The molecule has 182 valence electrons. The second-order valence-electron chi connectivity index (χ2n) is 7.86. The number of nitrogens with two attached hydrogens (primary N) is 1. The molecule has 0 bridgehead atoms. The van der Waals surface area contributed by atoms with Gasteiger partial charge in [-0.1, -0.05) is 54.2 Å². The number of Topliss-reactive ketones (excluding diaryl/α,β-unsaturated/α-hetero) is 1. The molecule has 0 unspecified atom stereocenters. The van der Waals surface area contributed by atoms with Crippen molar-refractivity contribution in [2.45, 2.75) is 11.6 Å². The van der Waals surface area contributed by atoms with Crippen LogP contribution in [0.4, 0.5) is 5.82 Å². The lowest BCUT2D eigenvalue weighted by Gasteiger charge is -2.13. The monoisotopic (exact) mass is 508 g/mol. The summed E-state index contributed by atoms with van der Waals surface area (Å²) < 4.78 is 5.77. The fourth-order valence-electron chi connectivity index (χ4n) is 3.56. The van der Waals surface area contributed by atoms with E-state index in [2.05, 4.69) is 11.1 Å². The number of ketones is 1. The standard InChI is InChI=1S/C28H20N4O4S/c29-13-21-26(18-8-6-17(7-9-18)15-36-20-4-2-1-3-5-20)22(14-30)28(32-27(21)31)37-16-25(35)19-10-11-23(33)24(34)12-19/h1-12,33-34H,15-16H2,(H2,31,32). The van der Waals surface area contributed by atoms with Gasteiger partial charge in [-0.25, -0.2) is 4.98 Å². The molecular formula is C28H20N4O4S. The lowest BCUT2D eigenvalue weighted by molar-refractivity contribution is 0.102. The van der Waals surface area contributed by atoms with Crippen LogP contribution < -0.4 is 10.5 Å². The molecule has 4 N–H and O–H groups in total. The van der Waals surface area contributed by atoms with Crippen LogP contribution >= 0.6 is 11.8 Å². The number of thioether (sulfide) groups is 1. The number of nitrogens with zero attached hydrogens (tertiary/aromatic N) is 3. The molecular weight excluding hydrogens is 488 g/mol. The summed E-state index contributed by atoms with van der Waals surface area (Å²) in [6.07, 6.45) is 0. The maximum Gasteiger partial charge on any atom is 0.173 e. The van der Waals surface area contributed by atoms with Gasteiger partial charge in [0.1, 0.15) is 40.9 Å². The number of hydrogen-bond donors (Lipinski definition) is 3. The summed E-state index contributed by atoms with van der Waals surface area (Å²) >= 11 is 0.999. The molecule has 0 aliphatic carbocycles. The van der Waals surface area contributed by atoms with Gasteiger partial charge in [-0.2, -0.15) is 10.5 Å². The number of benzene rings is 3. The fraction of sp³-hybridized carbons (Fsp3) is 0.0714. The normalized spacial score (nSPS) is 10.3. The lowest BCUT2D eigenvalue weighted by atomic mass is 9.96. The quantitative estimate of drug-likeness (QED) is 0.169. The zero-order chi connectivity index (χ0) is 26.4. The number of phenols is 2. The van der Waals surface area contributed by atoms with Gasteiger partial charge in [0.05, 0.1) is 11.3 Å². The third kappa shape index (κ3) is 5.64. The first kappa shape index (κ1) is 25.1. The van der Waals surface area contributed by atoms with E-state index in [0.29, 0.717) is 17.7 Å². The summed E-state index contributed by atoms with van der Waals surface area (Å²) in [4.78, 5) is 16.8. The molecule has 0 saturated carbocycles. The van der Waals surface area contributed by atoms with Gasteiger partial charge >= 0.3 is 0 Å². The number of phenolic OH excluding ortho intramolecular Hbond substituents is 2. The number of para-hydroxylation sites is 1. The number of carbonyl (C=O) groups excluding carboxylic acids is 1. The molecule has 1 aromatic heterocycles. The van der Waals surface area contributed by atoms with Crippen LogP contribution in [0.1, 0.15) is 27.0 Å². The van der Waals surface area contributed by atoms with Crippen molar-refractivity contribution in [1.82, 2.24) is 4.98 Å². The van der Waals surface area contributed by atoms with E-state index in [1.807, 2.05) is 48.5 Å². The van der Waals surface area contributed by atoms with Gasteiger partial charge in [-0.3, -0.25) is 4.79 Å². The third-order valence-electron chi connectivity index (χ3n) is 5.44. The molecule has 8 nitrogen and oxygen atoms in total. The van der Waals surface area contributed by atoms with Crippen LogP contribution in [0.25, 0.3) is 11.1 Å². The maximum atomic E-state index is 12.6. The van der Waals surface area contributed by atoms with Gasteiger partial charge in [0.15, 0.2) is 17.3 Å². The van der Waals surface area contributed by atoms with Gasteiger partial charge in [-0.05, 0) is 41.5 Å². The Balaban J connectivity index is 1.60. The van der Waals surface area contributed by atoms with Crippen molar-refractivity contribution in [3.8, 4) is 40.5 Å². The Kier molecular flexibility index (Phi) is 7.58. The summed E-state index contributed by atoms with van der Waals surface area (Å²) in [7, 11) is 0. The van der Waals surface area contributed by atoms with Gasteiger partial charge in [-0.15, -0.1) is 0 Å². The minimum Gasteiger partial charge on any atom is -0.504 e. The summed E-state index contributed by atoms with van der Waals surface area (Å²) in [5.74, 6) is -0.505. The molecule has 37 heavy (non-hydrogen) atoms. The van der Waals surface area contributed by atoms with Crippen molar-refractivity contribution in [1.29, 1.82) is 10.5 Å². The van der Waals surface area contributed by atoms with Crippen LogP contribution in [-0.4, -0.2) is 26.7 Å². The zero-order valence-electron chi connectivity index (χ0n) is 19.4. The highest BCUT2D eigenvalue weighted by Gasteiger charge is 2.21. The van der Waals surface area contributed by atoms with E-state index >= 15 is 0 Å². The van der Waals surface area contributed by atoms with Crippen molar-refractivity contribution in [3.63, 3.8) is 0 Å². The molecule has 0 aliphatic heterocycles. The van der Waals surface area contributed by atoms with Crippen LogP contribution in [0, 0.1) is 22.7 Å². The Morgan fingerprint density at radius 2 is 1.65 bits per heavy atom. The van der Waals surface area contributed by atoms with E-state index in [0.717, 1.165) is 23.1 Å². The van der Waals surface area contributed by atoms with Crippen molar-refractivity contribution in [2.75, 3.05) is 11.5 Å².